The molecule has 2 N–H and O–H groups in total. The zero-order chi connectivity index (χ0) is 12.3. The highest BCUT2D eigenvalue weighted by atomic mass is 32.2. The van der Waals surface area contributed by atoms with Crippen molar-refractivity contribution >= 4 is 17.7 Å². The Morgan fingerprint density at radius 1 is 1.76 bits per heavy atom. The molecule has 0 aromatic carbocycles. The minimum Gasteiger partial charge on any atom is -0.480 e. The monoisotopic (exact) mass is 255 g/mol. The number of aryl methyl sites for hydroxylation is 1. The van der Waals surface area contributed by atoms with Crippen molar-refractivity contribution in [2.24, 2.45) is 0 Å². The minimum absolute atomic E-state index is 0.00274. The summed E-state index contributed by atoms with van der Waals surface area (Å²) >= 11 is 1.61. The molecule has 1 aliphatic rings. The predicted octanol–water partition coefficient (Wildman–Crippen LogP) is 1.47. The van der Waals surface area contributed by atoms with Crippen molar-refractivity contribution in [2.45, 2.75) is 37.7 Å². The third-order valence-electron chi connectivity index (χ3n) is 2.81. The van der Waals surface area contributed by atoms with Gasteiger partial charge in [-0.1, -0.05) is 13.3 Å². The van der Waals surface area contributed by atoms with Gasteiger partial charge in [-0.3, -0.25) is 10.1 Å². The zero-order valence-corrected chi connectivity index (χ0v) is 10.6. The number of carboxylic acids is 1. The van der Waals surface area contributed by atoms with E-state index in [9.17, 15) is 4.79 Å². The molecule has 1 aromatic rings. The third-order valence-corrected chi connectivity index (χ3v) is 4.02. The fourth-order valence-corrected chi connectivity index (χ4v) is 3.07. The van der Waals surface area contributed by atoms with Crippen LogP contribution < -0.4 is 5.32 Å². The van der Waals surface area contributed by atoms with Gasteiger partial charge in [0, 0.05) is 24.7 Å². The number of carbonyl (C=O) groups is 1. The van der Waals surface area contributed by atoms with E-state index in [4.69, 9.17) is 5.11 Å². The Bertz CT molecular complexity index is 394. The standard InChI is InChI=1S/C11H17N3O2S/c1-2-3-5-14-6-4-12-9(14)10-13-8(7-17-10)11(15)16/h4,6,8,10,13H,2-3,5,7H2,1H3,(H,15,16). The number of aliphatic carboxylic acids is 1. The molecule has 0 bridgehead atoms. The first-order chi connectivity index (χ1) is 8.22. The molecule has 2 heterocycles. The van der Waals surface area contributed by atoms with Gasteiger partial charge in [-0.15, -0.1) is 11.8 Å². The number of hydrogen-bond donors (Lipinski definition) is 2. The van der Waals surface area contributed by atoms with Gasteiger partial charge in [0.1, 0.15) is 17.2 Å². The second kappa shape index (κ2) is 5.55. The highest BCUT2D eigenvalue weighted by Gasteiger charge is 2.32. The van der Waals surface area contributed by atoms with Crippen LogP contribution in [0.15, 0.2) is 12.4 Å². The van der Waals surface area contributed by atoms with Gasteiger partial charge in [-0.25, -0.2) is 4.98 Å². The van der Waals surface area contributed by atoms with E-state index >= 15 is 0 Å². The Labute approximate surface area is 105 Å². The van der Waals surface area contributed by atoms with E-state index in [1.54, 1.807) is 18.0 Å². The Morgan fingerprint density at radius 2 is 2.59 bits per heavy atom. The lowest BCUT2D eigenvalue weighted by atomic mass is 10.3. The van der Waals surface area contributed by atoms with Crippen LogP contribution in [-0.2, 0) is 11.3 Å². The van der Waals surface area contributed by atoms with Crippen LogP contribution in [0.25, 0.3) is 0 Å². The number of thioether (sulfide) groups is 1. The maximum atomic E-state index is 10.9. The van der Waals surface area contributed by atoms with E-state index in [2.05, 4.69) is 21.8 Å². The molecule has 0 amide bonds. The summed E-state index contributed by atoms with van der Waals surface area (Å²) in [4.78, 5) is 15.2. The summed E-state index contributed by atoms with van der Waals surface area (Å²) in [6.45, 7) is 3.10. The van der Waals surface area contributed by atoms with Crippen molar-refractivity contribution in [1.82, 2.24) is 14.9 Å². The van der Waals surface area contributed by atoms with Crippen LogP contribution in [-0.4, -0.2) is 32.4 Å². The topological polar surface area (TPSA) is 67.2 Å². The molecule has 2 atom stereocenters. The van der Waals surface area contributed by atoms with Crippen molar-refractivity contribution in [3.8, 4) is 0 Å². The lowest BCUT2D eigenvalue weighted by Crippen LogP contribution is -2.34. The van der Waals surface area contributed by atoms with Gasteiger partial charge in [0.15, 0.2) is 0 Å². The Morgan fingerprint density at radius 3 is 3.24 bits per heavy atom. The van der Waals surface area contributed by atoms with Crippen molar-refractivity contribution in [1.29, 1.82) is 0 Å². The largest absolute Gasteiger partial charge is 0.480 e. The summed E-state index contributed by atoms with van der Waals surface area (Å²) in [5, 5.41) is 12.0. The number of nitrogens with one attached hydrogen (secondary N) is 1. The van der Waals surface area contributed by atoms with Crippen LogP contribution in [0.4, 0.5) is 0 Å². The molecule has 1 fully saturated rings. The number of carboxylic acid groups (broad SMARTS) is 1. The molecule has 0 aliphatic carbocycles. The van der Waals surface area contributed by atoms with Crippen LogP contribution in [0.2, 0.25) is 0 Å². The summed E-state index contributed by atoms with van der Waals surface area (Å²) < 4.78 is 2.11. The van der Waals surface area contributed by atoms with Crippen LogP contribution in [0.3, 0.4) is 0 Å². The summed E-state index contributed by atoms with van der Waals surface area (Å²) in [7, 11) is 0. The second-order valence-electron chi connectivity index (χ2n) is 4.10. The van der Waals surface area contributed by atoms with E-state index < -0.39 is 12.0 Å². The lowest BCUT2D eigenvalue weighted by molar-refractivity contribution is -0.138. The molecule has 0 spiro atoms. The number of rotatable bonds is 5. The SMILES string of the molecule is CCCCn1ccnc1C1NC(C(=O)O)CS1. The first-order valence-electron chi connectivity index (χ1n) is 5.84. The molecule has 2 unspecified atom stereocenters. The van der Waals surface area contributed by atoms with Gasteiger partial charge in [-0.05, 0) is 6.42 Å². The predicted molar refractivity (Wildman–Crippen MR) is 66.9 cm³/mol. The van der Waals surface area contributed by atoms with E-state index in [-0.39, 0.29) is 5.37 Å². The number of aromatic nitrogens is 2. The first kappa shape index (κ1) is 12.4. The molecule has 0 radical (unpaired) electrons. The Kier molecular flexibility index (Phi) is 4.06. The molecule has 17 heavy (non-hydrogen) atoms. The van der Waals surface area contributed by atoms with Crippen molar-refractivity contribution < 1.29 is 9.90 Å². The van der Waals surface area contributed by atoms with E-state index in [1.807, 2.05) is 6.20 Å². The molecular weight excluding hydrogens is 238 g/mol. The summed E-state index contributed by atoms with van der Waals surface area (Å²) in [6, 6.07) is -0.457. The number of unbranched alkanes of at least 4 members (excludes halogenated alkanes) is 1. The van der Waals surface area contributed by atoms with Crippen molar-refractivity contribution in [3.63, 3.8) is 0 Å². The van der Waals surface area contributed by atoms with Gasteiger partial charge in [0.2, 0.25) is 0 Å². The average Bonchev–Trinajstić information content (AvgIpc) is 2.94. The van der Waals surface area contributed by atoms with Crippen molar-refractivity contribution in [2.75, 3.05) is 5.75 Å². The van der Waals surface area contributed by atoms with E-state index in [0.29, 0.717) is 5.75 Å². The fraction of sp³-hybridized carbons (Fsp3) is 0.636. The van der Waals surface area contributed by atoms with Crippen molar-refractivity contribution in [3.05, 3.63) is 18.2 Å². The Hall–Kier alpha value is -1.01. The molecule has 1 aromatic heterocycles. The van der Waals surface area contributed by atoms with Gasteiger partial charge >= 0.3 is 5.97 Å². The molecule has 2 rings (SSSR count). The van der Waals surface area contributed by atoms with Gasteiger partial charge in [-0.2, -0.15) is 0 Å². The summed E-state index contributed by atoms with van der Waals surface area (Å²) in [5.74, 6) is 0.750. The molecule has 1 aliphatic heterocycles. The summed E-state index contributed by atoms with van der Waals surface area (Å²) in [6.07, 6.45) is 5.99. The number of hydrogen-bond acceptors (Lipinski definition) is 4. The number of imidazole rings is 1. The van der Waals surface area contributed by atoms with Gasteiger partial charge < -0.3 is 9.67 Å². The van der Waals surface area contributed by atoms with Crippen LogP contribution in [0.1, 0.15) is 31.0 Å². The van der Waals surface area contributed by atoms with Gasteiger partial charge in [0.05, 0.1) is 0 Å². The van der Waals surface area contributed by atoms with Gasteiger partial charge in [0.25, 0.3) is 0 Å². The second-order valence-corrected chi connectivity index (χ2v) is 5.24. The van der Waals surface area contributed by atoms with Crippen LogP contribution in [0.5, 0.6) is 0 Å². The van der Waals surface area contributed by atoms with E-state index in [1.165, 1.54) is 0 Å². The molecular formula is C11H17N3O2S. The molecule has 0 saturated carbocycles. The number of nitrogens with zero attached hydrogens (tertiary/aromatic N) is 2. The quantitative estimate of drug-likeness (QED) is 0.834. The summed E-state index contributed by atoms with van der Waals surface area (Å²) in [5.41, 5.74) is 0. The molecule has 94 valence electrons. The maximum absolute atomic E-state index is 10.9. The minimum atomic E-state index is -0.785. The van der Waals surface area contributed by atoms with Crippen LogP contribution in [0, 0.1) is 0 Å². The molecule has 6 heteroatoms. The molecule has 5 nitrogen and oxygen atoms in total. The van der Waals surface area contributed by atoms with E-state index in [0.717, 1.165) is 25.2 Å². The molecule has 1 saturated heterocycles. The highest BCUT2D eigenvalue weighted by molar-refractivity contribution is 7.99. The highest BCUT2D eigenvalue weighted by Crippen LogP contribution is 2.31. The average molecular weight is 255 g/mol. The third kappa shape index (κ3) is 2.81. The smallest absolute Gasteiger partial charge is 0.321 e. The Balaban J connectivity index is 2.03. The van der Waals surface area contributed by atoms with Crippen LogP contribution >= 0.6 is 11.8 Å². The maximum Gasteiger partial charge on any atom is 0.321 e. The normalized spacial score (nSPS) is 24.1. The zero-order valence-electron chi connectivity index (χ0n) is 9.80. The lowest BCUT2D eigenvalue weighted by Gasteiger charge is -2.13. The fourth-order valence-electron chi connectivity index (χ4n) is 1.84. The first-order valence-corrected chi connectivity index (χ1v) is 6.88.